The quantitative estimate of drug-likeness (QED) is 0.689. The van der Waals surface area contributed by atoms with Crippen LogP contribution in [0.5, 0.6) is 11.5 Å². The van der Waals surface area contributed by atoms with E-state index in [-0.39, 0.29) is 17.1 Å². The van der Waals surface area contributed by atoms with Crippen LogP contribution < -0.4 is 20.5 Å². The Kier molecular flexibility index (Phi) is 6.53. The minimum absolute atomic E-state index is 0.0735. The van der Waals surface area contributed by atoms with Gasteiger partial charge in [0.2, 0.25) is 0 Å². The first-order valence-electron chi connectivity index (χ1n) is 6.88. The molecule has 0 spiro atoms. The van der Waals surface area contributed by atoms with E-state index in [1.54, 1.807) is 0 Å². The largest absolute Gasteiger partial charge is 0.435 e. The third kappa shape index (κ3) is 5.57. The Balaban J connectivity index is 2.19. The Morgan fingerprint density at radius 1 is 1.24 bits per heavy atom. The van der Waals surface area contributed by atoms with Gasteiger partial charge in [-0.15, -0.1) is 11.3 Å². The van der Waals surface area contributed by atoms with Gasteiger partial charge in [0.05, 0.1) is 10.7 Å². The zero-order valence-electron chi connectivity index (χ0n) is 12.5. The predicted molar refractivity (Wildman–Crippen MR) is 82.5 cm³/mol. The molecule has 0 atom stereocenters. The maximum absolute atomic E-state index is 12.5. The number of anilines is 1. The summed E-state index contributed by atoms with van der Waals surface area (Å²) in [4.78, 5) is 16.2. The van der Waals surface area contributed by atoms with Crippen molar-refractivity contribution in [2.45, 2.75) is 19.6 Å². The number of aromatic nitrogens is 1. The van der Waals surface area contributed by atoms with Crippen molar-refractivity contribution in [2.24, 2.45) is 5.73 Å². The van der Waals surface area contributed by atoms with E-state index in [2.05, 4.69) is 19.8 Å². The second kappa shape index (κ2) is 8.62. The molecule has 11 heteroatoms. The monoisotopic (exact) mass is 379 g/mol. The Bertz CT molecular complexity index is 727. The fourth-order valence-corrected chi connectivity index (χ4v) is 2.61. The zero-order chi connectivity index (χ0) is 18.4. The second-order valence-corrected chi connectivity index (χ2v) is 5.48. The molecule has 3 N–H and O–H groups in total. The van der Waals surface area contributed by atoms with Crippen LogP contribution in [0.1, 0.15) is 15.5 Å². The van der Waals surface area contributed by atoms with Gasteiger partial charge >= 0.3 is 13.2 Å². The van der Waals surface area contributed by atoms with Crippen molar-refractivity contribution in [2.75, 3.05) is 11.9 Å². The van der Waals surface area contributed by atoms with Gasteiger partial charge in [-0.1, -0.05) is 0 Å². The van der Waals surface area contributed by atoms with Crippen LogP contribution in [-0.4, -0.2) is 30.7 Å². The molecule has 0 aliphatic carbocycles. The average molecular weight is 379 g/mol. The number of carbonyl (C=O) groups excluding carboxylic acids is 1. The zero-order valence-corrected chi connectivity index (χ0v) is 13.4. The molecule has 1 heterocycles. The molecule has 0 bridgehead atoms. The highest BCUT2D eigenvalue weighted by molar-refractivity contribution is 7.09. The molecule has 0 aliphatic rings. The number of ether oxygens (including phenoxy) is 2. The number of hydrogen-bond acceptors (Lipinski definition) is 6. The molecule has 0 aliphatic heterocycles. The second-order valence-electron chi connectivity index (χ2n) is 4.53. The van der Waals surface area contributed by atoms with Crippen LogP contribution in [-0.2, 0) is 6.42 Å². The minimum Gasteiger partial charge on any atom is -0.435 e. The maximum Gasteiger partial charge on any atom is 0.387 e. The number of nitrogens with two attached hydrogens (primary N) is 1. The molecule has 0 saturated carbocycles. The van der Waals surface area contributed by atoms with E-state index in [0.717, 1.165) is 18.2 Å². The molecule has 0 fully saturated rings. The van der Waals surface area contributed by atoms with E-state index in [1.807, 2.05) is 0 Å². The van der Waals surface area contributed by atoms with Crippen molar-refractivity contribution in [3.05, 3.63) is 34.3 Å². The fourth-order valence-electron chi connectivity index (χ4n) is 1.82. The molecule has 2 rings (SSSR count). The van der Waals surface area contributed by atoms with Gasteiger partial charge in [-0.3, -0.25) is 4.79 Å². The summed E-state index contributed by atoms with van der Waals surface area (Å²) in [6.07, 6.45) is 0.497. The predicted octanol–water partition coefficient (Wildman–Crippen LogP) is 3.10. The Morgan fingerprint density at radius 2 is 1.96 bits per heavy atom. The first-order chi connectivity index (χ1) is 11.9. The fraction of sp³-hybridized carbons (Fsp3) is 0.286. The smallest absolute Gasteiger partial charge is 0.387 e. The molecule has 1 aromatic heterocycles. The highest BCUT2D eigenvalue weighted by Gasteiger charge is 2.17. The number of nitrogens with zero attached hydrogens (tertiary/aromatic N) is 1. The summed E-state index contributed by atoms with van der Waals surface area (Å²) in [5.74, 6) is -1.57. The van der Waals surface area contributed by atoms with Crippen molar-refractivity contribution in [1.29, 1.82) is 0 Å². The maximum atomic E-state index is 12.5. The molecular weight excluding hydrogens is 366 g/mol. The molecule has 6 nitrogen and oxygen atoms in total. The van der Waals surface area contributed by atoms with Crippen LogP contribution in [0.2, 0.25) is 0 Å². The molecule has 1 aromatic carbocycles. The number of halogens is 4. The number of amides is 1. The van der Waals surface area contributed by atoms with Crippen molar-refractivity contribution in [3.8, 4) is 11.5 Å². The van der Waals surface area contributed by atoms with Crippen molar-refractivity contribution in [1.82, 2.24) is 4.98 Å². The van der Waals surface area contributed by atoms with E-state index in [9.17, 15) is 22.4 Å². The van der Waals surface area contributed by atoms with Gasteiger partial charge in [0.25, 0.3) is 5.91 Å². The molecule has 0 saturated heterocycles. The van der Waals surface area contributed by atoms with Crippen molar-refractivity contribution >= 4 is 22.9 Å². The van der Waals surface area contributed by atoms with Gasteiger partial charge in [0, 0.05) is 17.9 Å². The normalized spacial score (nSPS) is 11.0. The standard InChI is InChI=1S/C14H13F4N3O3S/c15-13(16)23-7-1-2-8(10(5-7)24-14(17)18)21-12(22)9-6-25-11(20-9)3-4-19/h1-2,5-6,13-14H,3-4,19H2,(H,21,22). The van der Waals surface area contributed by atoms with E-state index < -0.39 is 24.9 Å². The van der Waals surface area contributed by atoms with Crippen molar-refractivity contribution < 1.29 is 31.8 Å². The minimum atomic E-state index is -3.21. The summed E-state index contributed by atoms with van der Waals surface area (Å²) in [5.41, 5.74) is 5.33. The number of thiazole rings is 1. The number of carbonyl (C=O) groups is 1. The summed E-state index contributed by atoms with van der Waals surface area (Å²) < 4.78 is 57.8. The van der Waals surface area contributed by atoms with Gasteiger partial charge in [-0.2, -0.15) is 17.6 Å². The molecule has 0 unspecified atom stereocenters. The number of hydrogen-bond donors (Lipinski definition) is 2. The van der Waals surface area contributed by atoms with Gasteiger partial charge in [-0.25, -0.2) is 4.98 Å². The first-order valence-corrected chi connectivity index (χ1v) is 7.76. The average Bonchev–Trinajstić information content (AvgIpc) is 2.98. The molecule has 1 amide bonds. The van der Waals surface area contributed by atoms with Crippen LogP contribution in [0.4, 0.5) is 23.2 Å². The Morgan fingerprint density at radius 3 is 2.60 bits per heavy atom. The Hall–Kier alpha value is -2.40. The van der Waals surface area contributed by atoms with Gasteiger partial charge in [-0.05, 0) is 18.7 Å². The van der Waals surface area contributed by atoms with Crippen LogP contribution in [0.15, 0.2) is 23.6 Å². The molecule has 136 valence electrons. The summed E-state index contributed by atoms with van der Waals surface area (Å²) in [6, 6.07) is 3.02. The van der Waals surface area contributed by atoms with Gasteiger partial charge < -0.3 is 20.5 Å². The lowest BCUT2D eigenvalue weighted by Crippen LogP contribution is -2.15. The summed E-state index contributed by atoms with van der Waals surface area (Å²) in [7, 11) is 0. The van der Waals surface area contributed by atoms with E-state index in [0.29, 0.717) is 18.0 Å². The van der Waals surface area contributed by atoms with E-state index in [1.165, 1.54) is 16.7 Å². The van der Waals surface area contributed by atoms with Crippen LogP contribution >= 0.6 is 11.3 Å². The highest BCUT2D eigenvalue weighted by Crippen LogP contribution is 2.32. The highest BCUT2D eigenvalue weighted by atomic mass is 32.1. The number of nitrogens with one attached hydrogen (secondary N) is 1. The number of rotatable bonds is 8. The third-order valence-electron chi connectivity index (χ3n) is 2.79. The Labute approximate surface area is 143 Å². The van der Waals surface area contributed by atoms with Crippen LogP contribution in [0.3, 0.4) is 0 Å². The lowest BCUT2D eigenvalue weighted by atomic mass is 10.2. The first kappa shape index (κ1) is 18.9. The molecule has 2 aromatic rings. The summed E-state index contributed by atoms with van der Waals surface area (Å²) in [5, 5.41) is 4.48. The number of alkyl halides is 4. The lowest BCUT2D eigenvalue weighted by molar-refractivity contribution is -0.0539. The van der Waals surface area contributed by atoms with Crippen molar-refractivity contribution in [3.63, 3.8) is 0 Å². The van der Waals surface area contributed by atoms with Gasteiger partial charge in [0.1, 0.15) is 11.4 Å². The summed E-state index contributed by atoms with van der Waals surface area (Å²) in [6.45, 7) is -5.98. The topological polar surface area (TPSA) is 86.5 Å². The van der Waals surface area contributed by atoms with E-state index in [4.69, 9.17) is 5.73 Å². The molecule has 25 heavy (non-hydrogen) atoms. The molecular formula is C14H13F4N3O3S. The third-order valence-corrected chi connectivity index (χ3v) is 3.69. The SMILES string of the molecule is NCCc1nc(C(=O)Nc2ccc(OC(F)F)cc2OC(F)F)cs1. The lowest BCUT2D eigenvalue weighted by Gasteiger charge is -2.13. The number of benzene rings is 1. The van der Waals surface area contributed by atoms with Gasteiger partial charge in [0.15, 0.2) is 5.75 Å². The van der Waals surface area contributed by atoms with Crippen LogP contribution in [0, 0.1) is 0 Å². The van der Waals surface area contributed by atoms with Crippen LogP contribution in [0.25, 0.3) is 0 Å². The summed E-state index contributed by atoms with van der Waals surface area (Å²) >= 11 is 1.23. The van der Waals surface area contributed by atoms with E-state index >= 15 is 0 Å². The molecule has 0 radical (unpaired) electrons.